The fourth-order valence-electron chi connectivity index (χ4n) is 1.63. The molecule has 1 heterocycles. The fourth-order valence-corrected chi connectivity index (χ4v) is 1.63. The highest BCUT2D eigenvalue weighted by Crippen LogP contribution is 2.33. The Balaban J connectivity index is 2.19. The number of nitrogens with zero attached hydrogens (tertiary/aromatic N) is 4. The van der Waals surface area contributed by atoms with E-state index in [0.717, 1.165) is 12.1 Å². The van der Waals surface area contributed by atoms with Crippen molar-refractivity contribution >= 4 is 5.69 Å². The molecule has 0 radical (unpaired) electrons. The molecule has 0 saturated heterocycles. The van der Waals surface area contributed by atoms with E-state index in [2.05, 4.69) is 15.4 Å². The molecule has 2 aromatic rings. The molecular formula is C12H10F3N5. The van der Waals surface area contributed by atoms with Gasteiger partial charge in [0, 0.05) is 12.7 Å². The number of nitriles is 1. The summed E-state index contributed by atoms with van der Waals surface area (Å²) in [6.45, 7) is 0.198. The van der Waals surface area contributed by atoms with Gasteiger partial charge in [-0.15, -0.1) is 0 Å². The van der Waals surface area contributed by atoms with Crippen LogP contribution in [0.3, 0.4) is 0 Å². The third-order valence-electron chi connectivity index (χ3n) is 2.54. The van der Waals surface area contributed by atoms with Crippen LogP contribution in [0.2, 0.25) is 0 Å². The van der Waals surface area contributed by atoms with Crippen LogP contribution in [-0.4, -0.2) is 14.8 Å². The number of alkyl halides is 3. The Bertz CT molecular complexity index is 654. The Labute approximate surface area is 112 Å². The molecular weight excluding hydrogens is 271 g/mol. The molecule has 20 heavy (non-hydrogen) atoms. The second-order valence-electron chi connectivity index (χ2n) is 4.06. The third-order valence-corrected chi connectivity index (χ3v) is 2.54. The van der Waals surface area contributed by atoms with E-state index in [0.29, 0.717) is 5.82 Å². The van der Waals surface area contributed by atoms with Crippen molar-refractivity contribution in [1.82, 2.24) is 14.8 Å². The minimum Gasteiger partial charge on any atom is -0.378 e. The van der Waals surface area contributed by atoms with Crippen LogP contribution in [0.4, 0.5) is 18.9 Å². The molecule has 104 valence electrons. The van der Waals surface area contributed by atoms with Crippen LogP contribution < -0.4 is 5.32 Å². The van der Waals surface area contributed by atoms with Crippen LogP contribution in [0.25, 0.3) is 0 Å². The summed E-state index contributed by atoms with van der Waals surface area (Å²) in [5, 5.41) is 15.5. The summed E-state index contributed by atoms with van der Waals surface area (Å²) in [6, 6.07) is 4.98. The number of hydrogen-bond donors (Lipinski definition) is 1. The van der Waals surface area contributed by atoms with Crippen molar-refractivity contribution in [3.05, 3.63) is 41.5 Å². The maximum atomic E-state index is 12.8. The number of aromatic nitrogens is 3. The average molecular weight is 281 g/mol. The van der Waals surface area contributed by atoms with Gasteiger partial charge in [-0.2, -0.15) is 23.5 Å². The van der Waals surface area contributed by atoms with Crippen LogP contribution in [0.15, 0.2) is 24.5 Å². The van der Waals surface area contributed by atoms with Crippen molar-refractivity contribution in [2.24, 2.45) is 7.05 Å². The lowest BCUT2D eigenvalue weighted by molar-refractivity contribution is -0.137. The van der Waals surface area contributed by atoms with E-state index in [1.807, 2.05) is 0 Å². The molecule has 8 heteroatoms. The van der Waals surface area contributed by atoms with Crippen LogP contribution in [-0.2, 0) is 19.8 Å². The number of aryl methyl sites for hydroxylation is 1. The van der Waals surface area contributed by atoms with Crippen molar-refractivity contribution in [1.29, 1.82) is 5.26 Å². The highest BCUT2D eigenvalue weighted by atomic mass is 19.4. The van der Waals surface area contributed by atoms with Crippen LogP contribution >= 0.6 is 0 Å². The van der Waals surface area contributed by atoms with E-state index in [9.17, 15) is 13.2 Å². The Morgan fingerprint density at radius 1 is 1.40 bits per heavy atom. The fraction of sp³-hybridized carbons (Fsp3) is 0.250. The van der Waals surface area contributed by atoms with Gasteiger partial charge in [0.05, 0.1) is 23.7 Å². The number of halogens is 3. The van der Waals surface area contributed by atoms with E-state index in [4.69, 9.17) is 5.26 Å². The predicted molar refractivity (Wildman–Crippen MR) is 64.5 cm³/mol. The van der Waals surface area contributed by atoms with E-state index >= 15 is 0 Å². The summed E-state index contributed by atoms with van der Waals surface area (Å²) in [6.07, 6.45) is -3.07. The van der Waals surface area contributed by atoms with Crippen molar-refractivity contribution in [3.8, 4) is 6.07 Å². The lowest BCUT2D eigenvalue weighted by Crippen LogP contribution is -2.09. The van der Waals surface area contributed by atoms with Gasteiger partial charge in [-0.1, -0.05) is 0 Å². The topological polar surface area (TPSA) is 66.5 Å². The van der Waals surface area contributed by atoms with Gasteiger partial charge in [-0.3, -0.25) is 4.68 Å². The lowest BCUT2D eigenvalue weighted by Gasteiger charge is -2.11. The van der Waals surface area contributed by atoms with Crippen LogP contribution in [0.1, 0.15) is 17.0 Å². The van der Waals surface area contributed by atoms with E-state index in [1.165, 1.54) is 23.1 Å². The first-order valence-electron chi connectivity index (χ1n) is 5.60. The second-order valence-corrected chi connectivity index (χ2v) is 4.06. The molecule has 0 atom stereocenters. The Morgan fingerprint density at radius 3 is 2.70 bits per heavy atom. The summed E-state index contributed by atoms with van der Waals surface area (Å²) in [7, 11) is 1.69. The Hall–Kier alpha value is -2.56. The number of benzene rings is 1. The largest absolute Gasteiger partial charge is 0.417 e. The van der Waals surface area contributed by atoms with Crippen LogP contribution in [0, 0.1) is 11.3 Å². The van der Waals surface area contributed by atoms with Crippen LogP contribution in [0.5, 0.6) is 0 Å². The van der Waals surface area contributed by atoms with E-state index < -0.39 is 17.3 Å². The molecule has 0 aliphatic rings. The first-order chi connectivity index (χ1) is 9.40. The maximum absolute atomic E-state index is 12.8. The molecule has 0 aliphatic carbocycles. The lowest BCUT2D eigenvalue weighted by atomic mass is 10.1. The van der Waals surface area contributed by atoms with E-state index in [1.54, 1.807) is 7.05 Å². The molecule has 0 aliphatic heterocycles. The SMILES string of the molecule is Cn1cnc(CNc2ccc(C#N)c(C(F)(F)F)c2)n1. The van der Waals surface area contributed by atoms with Gasteiger partial charge in [0.15, 0.2) is 5.82 Å². The highest BCUT2D eigenvalue weighted by molar-refractivity contribution is 5.53. The summed E-state index contributed by atoms with van der Waals surface area (Å²) in [4.78, 5) is 3.95. The van der Waals surface area contributed by atoms with Crippen molar-refractivity contribution < 1.29 is 13.2 Å². The average Bonchev–Trinajstić information content (AvgIpc) is 2.81. The molecule has 0 amide bonds. The van der Waals surface area contributed by atoms with Gasteiger partial charge < -0.3 is 5.32 Å². The standard InChI is InChI=1S/C12H10F3N5/c1-20-7-18-11(19-20)6-17-9-3-2-8(5-16)10(4-9)12(13,14)15/h2-4,7,17H,6H2,1H3. The Morgan fingerprint density at radius 2 is 2.15 bits per heavy atom. The van der Waals surface area contributed by atoms with Gasteiger partial charge in [-0.25, -0.2) is 4.98 Å². The number of hydrogen-bond acceptors (Lipinski definition) is 4. The van der Waals surface area contributed by atoms with Crippen molar-refractivity contribution in [3.63, 3.8) is 0 Å². The summed E-state index contributed by atoms with van der Waals surface area (Å²) in [5.41, 5.74) is -1.11. The maximum Gasteiger partial charge on any atom is 0.417 e. The third kappa shape index (κ3) is 3.06. The molecule has 0 saturated carbocycles. The molecule has 2 rings (SSSR count). The molecule has 0 bridgehead atoms. The predicted octanol–water partition coefficient (Wildman–Crippen LogP) is 2.32. The molecule has 0 unspecified atom stereocenters. The summed E-state index contributed by atoms with van der Waals surface area (Å²) >= 11 is 0. The zero-order valence-electron chi connectivity index (χ0n) is 10.4. The molecule has 0 spiro atoms. The smallest absolute Gasteiger partial charge is 0.378 e. The zero-order valence-corrected chi connectivity index (χ0v) is 10.4. The van der Waals surface area contributed by atoms with Gasteiger partial charge >= 0.3 is 6.18 Å². The first kappa shape index (κ1) is 13.9. The van der Waals surface area contributed by atoms with Crippen molar-refractivity contribution in [2.75, 3.05) is 5.32 Å². The van der Waals surface area contributed by atoms with Gasteiger partial charge in [-0.05, 0) is 18.2 Å². The number of anilines is 1. The zero-order chi connectivity index (χ0) is 14.8. The molecule has 1 N–H and O–H groups in total. The normalized spacial score (nSPS) is 11.2. The van der Waals surface area contributed by atoms with Crippen molar-refractivity contribution in [2.45, 2.75) is 12.7 Å². The number of nitrogens with one attached hydrogen (secondary N) is 1. The van der Waals surface area contributed by atoms with Gasteiger partial charge in [0.2, 0.25) is 0 Å². The second kappa shape index (κ2) is 5.21. The quantitative estimate of drug-likeness (QED) is 0.937. The monoisotopic (exact) mass is 281 g/mol. The summed E-state index contributed by atoms with van der Waals surface area (Å²) in [5.74, 6) is 0.463. The first-order valence-corrected chi connectivity index (χ1v) is 5.60. The van der Waals surface area contributed by atoms with Gasteiger partial charge in [0.1, 0.15) is 6.33 Å². The Kier molecular flexibility index (Phi) is 3.61. The molecule has 1 aromatic carbocycles. The molecule has 0 fully saturated rings. The minimum absolute atomic E-state index is 0.198. The number of rotatable bonds is 3. The van der Waals surface area contributed by atoms with E-state index in [-0.39, 0.29) is 12.2 Å². The van der Waals surface area contributed by atoms with Gasteiger partial charge in [0.25, 0.3) is 0 Å². The molecule has 5 nitrogen and oxygen atoms in total. The highest BCUT2D eigenvalue weighted by Gasteiger charge is 2.33. The minimum atomic E-state index is -4.56. The summed E-state index contributed by atoms with van der Waals surface area (Å²) < 4.78 is 39.8. The molecule has 1 aromatic heterocycles.